The molecule has 0 radical (unpaired) electrons. The van der Waals surface area contributed by atoms with E-state index in [1.54, 1.807) is 18.2 Å². The first-order valence-electron chi connectivity index (χ1n) is 41.9. The van der Waals surface area contributed by atoms with Gasteiger partial charge in [0.25, 0.3) is 0 Å². The van der Waals surface area contributed by atoms with Crippen molar-refractivity contribution in [1.29, 1.82) is 0 Å². The van der Waals surface area contributed by atoms with Gasteiger partial charge in [0.1, 0.15) is 47.6 Å². The molecule has 4 bridgehead atoms. The van der Waals surface area contributed by atoms with Crippen molar-refractivity contribution in [2.75, 3.05) is 32.8 Å². The van der Waals surface area contributed by atoms with Gasteiger partial charge in [-0.3, -0.25) is 9.97 Å². The largest absolute Gasteiger partial charge is 0.508 e. The van der Waals surface area contributed by atoms with Crippen molar-refractivity contribution in [1.82, 2.24) is 19.9 Å². The number of hydrogen-bond donors (Lipinski definition) is 3. The number of phenolic OH excluding ortho intramolecular Hbond substituents is 2. The molecule has 0 aliphatic carbocycles. The number of hydrogen-bond acceptors (Lipinski definition) is 9. The van der Waals surface area contributed by atoms with Crippen LogP contribution in [0.15, 0.2) is 334 Å². The minimum Gasteiger partial charge on any atom is -0.508 e. The summed E-state index contributed by atoms with van der Waals surface area (Å²) in [6.45, 7) is 8.25. The molecule has 0 saturated carbocycles. The highest BCUT2D eigenvalue weighted by atomic mass is 35.5. The summed E-state index contributed by atoms with van der Waals surface area (Å²) < 4.78 is 17.0. The third kappa shape index (κ3) is 15.8. The Morgan fingerprint density at radius 2 is 0.858 bits per heavy atom. The second-order valence-corrected chi connectivity index (χ2v) is 33.4. The number of piperidine rings is 6. The zero-order chi connectivity index (χ0) is 79.7. The van der Waals surface area contributed by atoms with Gasteiger partial charge in [-0.2, -0.15) is 4.98 Å². The Bertz CT molecular complexity index is 6290. The molecule has 16 aromatic rings. The number of aliphatic hydroxyl groups excluding tert-OH is 1. The van der Waals surface area contributed by atoms with E-state index in [4.69, 9.17) is 41.0 Å². The number of pyridine rings is 2. The molecular formula is C108H101ClN6O5. The molecule has 6 saturated heterocycles. The first kappa shape index (κ1) is 80.1. The normalized spacial score (nSPS) is 20.1. The summed E-state index contributed by atoms with van der Waals surface area (Å²) in [6, 6.07) is 112. The van der Waals surface area contributed by atoms with E-state index in [9.17, 15) is 15.3 Å². The zero-order valence-corrected chi connectivity index (χ0v) is 69.0. The smallest absolute Gasteiger partial charge is 0.227 e. The van der Waals surface area contributed by atoms with Gasteiger partial charge in [-0.05, 0) is 158 Å². The number of rotatable bonds is 21. The highest BCUT2D eigenvalue weighted by molar-refractivity contribution is 6.32. The number of phenols is 2. The summed E-state index contributed by atoms with van der Waals surface area (Å²) in [5, 5.41) is 39.2. The lowest BCUT2D eigenvalue weighted by atomic mass is 9.70. The van der Waals surface area contributed by atoms with Gasteiger partial charge in [0.15, 0.2) is 18.0 Å². The summed E-state index contributed by atoms with van der Waals surface area (Å²) in [6.07, 6.45) is 9.10. The summed E-state index contributed by atoms with van der Waals surface area (Å²) in [4.78, 5) is 19.6. The summed E-state index contributed by atoms with van der Waals surface area (Å²) in [7, 11) is 0. The monoisotopic (exact) mass is 1600 g/mol. The maximum Gasteiger partial charge on any atom is 0.227 e. The number of ether oxygens (including phenoxy) is 2. The van der Waals surface area contributed by atoms with Crippen LogP contribution in [0.1, 0.15) is 79.9 Å². The van der Waals surface area contributed by atoms with Gasteiger partial charge in [0.05, 0.1) is 42.8 Å². The summed E-state index contributed by atoms with van der Waals surface area (Å²) >= 11 is 7.24. The fourth-order valence-corrected chi connectivity index (χ4v) is 21.1. The second kappa shape index (κ2) is 34.9. The number of aliphatic hydroxyl groups is 1. The number of nitrogens with zero attached hydrogens (tertiary/aromatic N) is 6. The molecule has 600 valence electrons. The van der Waals surface area contributed by atoms with Crippen molar-refractivity contribution < 1.29 is 33.8 Å². The molecular weight excluding hydrogens is 1500 g/mol. The third-order valence-corrected chi connectivity index (χ3v) is 26.8. The van der Waals surface area contributed by atoms with Crippen LogP contribution in [0.3, 0.4) is 0 Å². The molecule has 0 amide bonds. The molecule has 3 N–H and O–H groups in total. The second-order valence-electron chi connectivity index (χ2n) is 33.1. The highest BCUT2D eigenvalue weighted by Crippen LogP contribution is 2.55. The minimum atomic E-state index is -0.547. The number of benzene rings is 13. The molecule has 10 atom stereocenters. The summed E-state index contributed by atoms with van der Waals surface area (Å²) in [5.41, 5.74) is 18.4. The average molecular weight is 1600 g/mol. The maximum atomic E-state index is 11.0. The van der Waals surface area contributed by atoms with Crippen LogP contribution in [0, 0.1) is 38.5 Å². The van der Waals surface area contributed by atoms with Crippen LogP contribution in [-0.4, -0.2) is 89.1 Å². The van der Waals surface area contributed by atoms with Gasteiger partial charge in [-0.25, -0.2) is 4.98 Å². The van der Waals surface area contributed by atoms with Gasteiger partial charge in [-0.15, -0.1) is 0 Å². The molecule has 11 nitrogen and oxygen atoms in total. The standard InChI is InChI=1S/C54H47ClN4O3.C52H46N2O2.2CH3/c55-52-50(38-17-9-3-10-18-38)54(58-53(57-52)39-19-11-4-12-20-39)62-51(46-25-28-56-48-24-22-44(61)33-47(46)48)49-32-41-26-29-59(49,34-42(41)27-30-60)35-43-31-40(36-13-5-1-6-14-36)21-23-45(43)37-15-7-2-8-16-37;1-2-35-33-54(34-41-29-38(36-13-5-3-6-14-36)21-23-43(41)37-15-7-4-8-16-37)28-26-39(35)30-50(54)52(47-25-27-53-49-24-22-42(55)32-48(47)49)56-51-31-40-17-9-10-18-44(40)45-19-11-12-20-46(45)51;;/h1-25,28,31,33,41-42,49,51,60H,26-27,29-30,32,34-35H2;3-25,27,29,31-32,35,39,50,52H,2,26,28,30,33-34H2,1H3;2*1H3/q;;2*-1/p+2/t;35?,39?,50?,52-,54?;;/m.0../s1. The zero-order valence-electron chi connectivity index (χ0n) is 68.3. The quantitative estimate of drug-likeness (QED) is 0.0279. The van der Waals surface area contributed by atoms with Gasteiger partial charge >= 0.3 is 0 Å². The molecule has 13 aromatic carbocycles. The lowest BCUT2D eigenvalue weighted by Gasteiger charge is -2.59. The lowest BCUT2D eigenvalue weighted by Crippen LogP contribution is -2.68. The number of fused-ring (bicyclic) bond motifs is 11. The van der Waals surface area contributed by atoms with E-state index in [-0.39, 0.29) is 51.1 Å². The van der Waals surface area contributed by atoms with E-state index in [2.05, 4.69) is 225 Å². The Morgan fingerprint density at radius 1 is 0.417 bits per heavy atom. The summed E-state index contributed by atoms with van der Waals surface area (Å²) in [5.74, 6) is 4.21. The van der Waals surface area contributed by atoms with Gasteiger partial charge < -0.3 is 48.6 Å². The fourth-order valence-electron chi connectivity index (χ4n) is 20.8. The van der Waals surface area contributed by atoms with Crippen LogP contribution in [0.2, 0.25) is 5.15 Å². The van der Waals surface area contributed by atoms with Crippen molar-refractivity contribution in [3.8, 4) is 90.2 Å². The maximum absolute atomic E-state index is 11.0. The van der Waals surface area contributed by atoms with E-state index in [1.165, 1.54) is 84.6 Å². The van der Waals surface area contributed by atoms with Gasteiger partial charge in [-0.1, -0.05) is 273 Å². The Kier molecular flexibility index (Phi) is 23.3. The van der Waals surface area contributed by atoms with Gasteiger partial charge in [0.2, 0.25) is 5.88 Å². The van der Waals surface area contributed by atoms with Crippen LogP contribution in [-0.2, 0) is 13.1 Å². The Balaban J connectivity index is 0.000000169. The molecule has 9 unspecified atom stereocenters. The van der Waals surface area contributed by atoms with Crippen LogP contribution in [0.25, 0.3) is 110 Å². The lowest BCUT2D eigenvalue weighted by molar-refractivity contribution is -0.985. The molecule has 12 heteroatoms. The van der Waals surface area contributed by atoms with Crippen LogP contribution in [0.5, 0.6) is 23.1 Å². The molecule has 6 fully saturated rings. The Morgan fingerprint density at radius 3 is 1.37 bits per heavy atom. The van der Waals surface area contributed by atoms with Crippen LogP contribution < -0.4 is 9.47 Å². The minimum absolute atomic E-state index is 0. The van der Waals surface area contributed by atoms with Crippen molar-refractivity contribution in [2.24, 2.45) is 23.7 Å². The number of halogens is 1. The van der Waals surface area contributed by atoms with E-state index in [1.807, 2.05) is 97.3 Å². The Hall–Kier alpha value is -12.4. The molecule has 22 rings (SSSR count). The number of quaternary nitrogens is 2. The predicted molar refractivity (Wildman–Crippen MR) is 490 cm³/mol. The fraction of sp³-hybridized carbons (Fsp3) is 0.204. The van der Waals surface area contributed by atoms with Crippen molar-refractivity contribution in [3.63, 3.8) is 0 Å². The van der Waals surface area contributed by atoms with Gasteiger partial charge in [0, 0.05) is 100 Å². The number of aromatic nitrogens is 4. The Labute approximate surface area is 709 Å². The van der Waals surface area contributed by atoms with Crippen LogP contribution >= 0.6 is 11.6 Å². The topological polar surface area (TPSA) is 131 Å². The van der Waals surface area contributed by atoms with E-state index >= 15 is 0 Å². The molecule has 9 heterocycles. The van der Waals surface area contributed by atoms with Crippen molar-refractivity contribution >= 4 is 55.0 Å². The van der Waals surface area contributed by atoms with Crippen molar-refractivity contribution in [3.05, 3.63) is 376 Å². The van der Waals surface area contributed by atoms with E-state index < -0.39 is 6.10 Å². The molecule has 6 aliphatic rings. The van der Waals surface area contributed by atoms with E-state index in [0.29, 0.717) is 46.1 Å². The highest BCUT2D eigenvalue weighted by Gasteiger charge is 2.58. The SMILES string of the molecule is CCC1C[N+]2(Cc3cc(-c4ccccc4)ccc3-c3ccccc3)CCC1CC2[C@@H](Oc1cc2ccccc2c2ccccc12)c1ccnc2ccc(O)cc12.OCCC1C[N+]2(Cc3cc(-c4ccccc4)ccc3-c3ccccc3)CCC1CC2C(Oc1nc(-c2ccccc2)nc(Cl)c1-c1ccccc1)c1ccnc2ccc(O)cc12.[CH3-].[CH3-]. The molecule has 3 aromatic heterocycles. The molecule has 6 aliphatic heterocycles. The molecule has 0 spiro atoms. The first-order chi connectivity index (χ1) is 58.0. The first-order valence-corrected chi connectivity index (χ1v) is 42.3. The van der Waals surface area contributed by atoms with Crippen LogP contribution in [0.4, 0.5) is 0 Å². The van der Waals surface area contributed by atoms with E-state index in [0.717, 1.165) is 129 Å². The average Bonchev–Trinajstić information content (AvgIpc) is 0.727. The molecule has 120 heavy (non-hydrogen) atoms. The number of aromatic hydroxyl groups is 2. The van der Waals surface area contributed by atoms with Crippen molar-refractivity contribution in [2.45, 2.75) is 82.8 Å². The predicted octanol–water partition coefficient (Wildman–Crippen LogP) is 25.4. The third-order valence-electron chi connectivity index (χ3n) is 26.5.